The summed E-state index contributed by atoms with van der Waals surface area (Å²) in [6, 6.07) is 0. The molecule has 0 aromatic heterocycles. The lowest BCUT2D eigenvalue weighted by Crippen LogP contribution is -2.58. The summed E-state index contributed by atoms with van der Waals surface area (Å²) >= 11 is 0. The highest BCUT2D eigenvalue weighted by atomic mass is 16.9. The van der Waals surface area contributed by atoms with Crippen LogP contribution in [0.15, 0.2) is 0 Å². The zero-order valence-corrected chi connectivity index (χ0v) is 20.6. The van der Waals surface area contributed by atoms with E-state index in [2.05, 4.69) is 20.8 Å². The minimum atomic E-state index is -0.890. The Hall–Kier alpha value is -0.730. The zero-order chi connectivity index (χ0) is 23.1. The van der Waals surface area contributed by atoms with Gasteiger partial charge in [0.25, 0.3) is 0 Å². The number of carbonyl (C=O) groups is 1. The van der Waals surface area contributed by atoms with E-state index in [1.807, 2.05) is 27.7 Å². The van der Waals surface area contributed by atoms with Gasteiger partial charge in [-0.2, -0.15) is 0 Å². The molecule has 0 N–H and O–H groups in total. The van der Waals surface area contributed by atoms with Crippen LogP contribution < -0.4 is 0 Å². The molecule has 0 aromatic carbocycles. The lowest BCUT2D eigenvalue weighted by molar-refractivity contribution is -0.242. The quantitative estimate of drug-likeness (QED) is 0.582. The molecule has 2 aliphatic carbocycles. The van der Waals surface area contributed by atoms with Crippen molar-refractivity contribution < 1.29 is 33.2 Å². The molecule has 5 rings (SSSR count). The van der Waals surface area contributed by atoms with Crippen LogP contribution in [0.2, 0.25) is 0 Å². The van der Waals surface area contributed by atoms with Gasteiger partial charge < -0.3 is 28.4 Å². The fraction of sp³-hybridized carbons (Fsp3) is 0.960. The summed E-state index contributed by atoms with van der Waals surface area (Å²) in [6.45, 7) is 14.6. The van der Waals surface area contributed by atoms with Gasteiger partial charge in [-0.1, -0.05) is 27.2 Å². The van der Waals surface area contributed by atoms with Crippen LogP contribution in [-0.4, -0.2) is 54.4 Å². The van der Waals surface area contributed by atoms with Crippen molar-refractivity contribution in [1.29, 1.82) is 0 Å². The third-order valence-electron chi connectivity index (χ3n) is 9.02. The Kier molecular flexibility index (Phi) is 5.50. The average Bonchev–Trinajstić information content (AvgIpc) is 3.19. The van der Waals surface area contributed by atoms with Crippen molar-refractivity contribution in [3.8, 4) is 0 Å². The van der Waals surface area contributed by atoms with Crippen LogP contribution in [0.1, 0.15) is 80.6 Å². The van der Waals surface area contributed by atoms with Gasteiger partial charge >= 0.3 is 5.97 Å². The first-order chi connectivity index (χ1) is 14.9. The second-order valence-electron chi connectivity index (χ2n) is 12.0. The Labute approximate surface area is 191 Å². The Balaban J connectivity index is 1.28. The number of hydrogen-bond donors (Lipinski definition) is 0. The van der Waals surface area contributed by atoms with Gasteiger partial charge in [0.1, 0.15) is 24.4 Å². The smallest absolute Gasteiger partial charge is 0.338 e. The number of hydrogen-bond acceptors (Lipinski definition) is 7. The summed E-state index contributed by atoms with van der Waals surface area (Å²) in [5, 5.41) is 0. The fourth-order valence-corrected chi connectivity index (χ4v) is 6.93. The monoisotopic (exact) mass is 452 g/mol. The third kappa shape index (κ3) is 3.82. The van der Waals surface area contributed by atoms with Crippen molar-refractivity contribution in [3.05, 3.63) is 0 Å². The summed E-state index contributed by atoms with van der Waals surface area (Å²) in [7, 11) is 0. The van der Waals surface area contributed by atoms with E-state index in [4.69, 9.17) is 28.4 Å². The van der Waals surface area contributed by atoms with Crippen LogP contribution in [-0.2, 0) is 33.2 Å². The molecule has 6 unspecified atom stereocenters. The number of esters is 1. The largest absolute Gasteiger partial charge is 0.460 e. The molecule has 3 heterocycles. The molecule has 7 nitrogen and oxygen atoms in total. The van der Waals surface area contributed by atoms with Crippen molar-refractivity contribution >= 4 is 5.97 Å². The van der Waals surface area contributed by atoms with Gasteiger partial charge in [-0.3, -0.25) is 0 Å². The Bertz CT molecular complexity index is 751. The predicted octanol–water partition coefficient (Wildman–Crippen LogP) is 4.17. The van der Waals surface area contributed by atoms with Crippen LogP contribution in [0.3, 0.4) is 0 Å². The number of ether oxygens (including phenoxy) is 6. The summed E-state index contributed by atoms with van der Waals surface area (Å²) in [6.07, 6.45) is 2.29. The molecule has 182 valence electrons. The van der Waals surface area contributed by atoms with Gasteiger partial charge in [-0.05, 0) is 76.5 Å². The van der Waals surface area contributed by atoms with Crippen molar-refractivity contribution in [2.75, 3.05) is 0 Å². The third-order valence-corrected chi connectivity index (χ3v) is 9.02. The molecule has 32 heavy (non-hydrogen) atoms. The molecule has 3 aliphatic heterocycles. The average molecular weight is 453 g/mol. The Morgan fingerprint density at radius 1 is 0.844 bits per heavy atom. The number of fused-ring (bicyclic) bond motifs is 4. The first-order valence-electron chi connectivity index (χ1n) is 12.5. The standard InChI is InChI=1S/C25H40O7/c1-13-8-9-15-12-16(10-11-25(15,7)14(13)2)27-21(26)19-17-18(30-23(3,4)29-17)20-22(28-19)32-24(5,6)31-20/h13-20,22H,8-12H2,1-7H3/t13?,14-,15-,16+,17?,18?,19?,20?,22?,25+/m0/s1. The normalized spacial score (nSPS) is 51.4. The highest BCUT2D eigenvalue weighted by molar-refractivity contribution is 5.76. The van der Waals surface area contributed by atoms with E-state index in [9.17, 15) is 4.79 Å². The lowest BCUT2D eigenvalue weighted by atomic mass is 9.53. The summed E-state index contributed by atoms with van der Waals surface area (Å²) in [5.41, 5.74) is 0.341. The lowest BCUT2D eigenvalue weighted by Gasteiger charge is -2.53. The molecule has 0 bridgehead atoms. The van der Waals surface area contributed by atoms with Crippen LogP contribution in [0.4, 0.5) is 0 Å². The maximum absolute atomic E-state index is 13.3. The topological polar surface area (TPSA) is 72.5 Å². The molecule has 0 amide bonds. The number of rotatable bonds is 2. The van der Waals surface area contributed by atoms with Crippen LogP contribution in [0.5, 0.6) is 0 Å². The minimum Gasteiger partial charge on any atom is -0.460 e. The number of carbonyl (C=O) groups excluding carboxylic acids is 1. The highest BCUT2D eigenvalue weighted by Crippen LogP contribution is 2.55. The maximum atomic E-state index is 13.3. The van der Waals surface area contributed by atoms with Crippen molar-refractivity contribution in [2.24, 2.45) is 23.2 Å². The summed E-state index contributed by atoms with van der Waals surface area (Å²) < 4.78 is 36.3. The second kappa shape index (κ2) is 7.64. The minimum absolute atomic E-state index is 0.0755. The second-order valence-corrected chi connectivity index (χ2v) is 12.0. The molecule has 0 spiro atoms. The molecule has 10 atom stereocenters. The highest BCUT2D eigenvalue weighted by Gasteiger charge is 2.62. The summed E-state index contributed by atoms with van der Waals surface area (Å²) in [5.74, 6) is 0.0465. The Morgan fingerprint density at radius 2 is 1.50 bits per heavy atom. The molecular weight excluding hydrogens is 412 g/mol. The van der Waals surface area contributed by atoms with Crippen LogP contribution in [0.25, 0.3) is 0 Å². The van der Waals surface area contributed by atoms with E-state index in [-0.39, 0.29) is 12.1 Å². The molecule has 2 saturated carbocycles. The first kappa shape index (κ1) is 23.0. The molecular formula is C25H40O7. The zero-order valence-electron chi connectivity index (χ0n) is 20.6. The van der Waals surface area contributed by atoms with Gasteiger partial charge in [0, 0.05) is 0 Å². The fourth-order valence-electron chi connectivity index (χ4n) is 6.93. The van der Waals surface area contributed by atoms with Crippen LogP contribution in [0, 0.1) is 23.2 Å². The predicted molar refractivity (Wildman–Crippen MR) is 115 cm³/mol. The van der Waals surface area contributed by atoms with Gasteiger partial charge in [-0.25, -0.2) is 4.79 Å². The van der Waals surface area contributed by atoms with E-state index in [1.54, 1.807) is 0 Å². The molecule has 3 saturated heterocycles. The molecule has 0 radical (unpaired) electrons. The van der Waals surface area contributed by atoms with Crippen LogP contribution >= 0.6 is 0 Å². The van der Waals surface area contributed by atoms with Gasteiger partial charge in [0.2, 0.25) is 0 Å². The maximum Gasteiger partial charge on any atom is 0.338 e. The van der Waals surface area contributed by atoms with E-state index >= 15 is 0 Å². The van der Waals surface area contributed by atoms with E-state index in [1.165, 1.54) is 12.8 Å². The first-order valence-corrected chi connectivity index (χ1v) is 12.5. The molecule has 7 heteroatoms. The Morgan fingerprint density at radius 3 is 2.25 bits per heavy atom. The van der Waals surface area contributed by atoms with E-state index in [0.29, 0.717) is 17.3 Å². The van der Waals surface area contributed by atoms with Crippen molar-refractivity contribution in [3.63, 3.8) is 0 Å². The van der Waals surface area contributed by atoms with Crippen molar-refractivity contribution in [2.45, 2.75) is 129 Å². The van der Waals surface area contributed by atoms with Crippen molar-refractivity contribution in [1.82, 2.24) is 0 Å². The molecule has 5 fully saturated rings. The van der Waals surface area contributed by atoms with Gasteiger partial charge in [0.05, 0.1) is 0 Å². The molecule has 5 aliphatic rings. The van der Waals surface area contributed by atoms with Gasteiger partial charge in [-0.15, -0.1) is 0 Å². The summed E-state index contributed by atoms with van der Waals surface area (Å²) in [4.78, 5) is 13.3. The van der Waals surface area contributed by atoms with E-state index in [0.717, 1.165) is 25.2 Å². The van der Waals surface area contributed by atoms with E-state index < -0.39 is 42.3 Å². The van der Waals surface area contributed by atoms with Gasteiger partial charge in [0.15, 0.2) is 24.0 Å². The SMILES string of the molecule is CC1CC[C@H]2C[C@H](OC(=O)C3OC4OC(C)(C)OC4C4OC(C)(C)OC34)CC[C@]2(C)[C@H]1C. The molecule has 0 aromatic rings.